The Morgan fingerprint density at radius 2 is 1.95 bits per heavy atom. The van der Waals surface area contributed by atoms with Gasteiger partial charge in [0.25, 0.3) is 0 Å². The van der Waals surface area contributed by atoms with E-state index in [1.807, 2.05) is 0 Å². The third kappa shape index (κ3) is 2.60. The van der Waals surface area contributed by atoms with Crippen molar-refractivity contribution in [1.82, 2.24) is 15.5 Å². The third-order valence-electron chi connectivity index (χ3n) is 5.81. The Kier molecular flexibility index (Phi) is 3.47. The van der Waals surface area contributed by atoms with Crippen LogP contribution in [0.15, 0.2) is 0 Å². The van der Waals surface area contributed by atoms with E-state index in [0.717, 1.165) is 31.3 Å². The van der Waals surface area contributed by atoms with E-state index < -0.39 is 0 Å². The highest BCUT2D eigenvalue weighted by atomic mass is 16.2. The Balaban J connectivity index is 1.28. The number of likely N-dealkylation sites (tertiary alicyclic amines) is 1. The number of fused-ring (bicyclic) bond motifs is 1. The fourth-order valence-corrected chi connectivity index (χ4v) is 4.50. The van der Waals surface area contributed by atoms with Gasteiger partial charge in [-0.1, -0.05) is 12.8 Å². The summed E-state index contributed by atoms with van der Waals surface area (Å²) in [5, 5.41) is 6.89. The van der Waals surface area contributed by atoms with Gasteiger partial charge >= 0.3 is 0 Å². The fraction of sp³-hybridized carbons (Fsp3) is 0.938. The Bertz CT molecular complexity index is 368. The molecule has 4 nitrogen and oxygen atoms in total. The van der Waals surface area contributed by atoms with Crippen LogP contribution in [0.3, 0.4) is 0 Å². The van der Waals surface area contributed by atoms with Crippen LogP contribution >= 0.6 is 0 Å². The van der Waals surface area contributed by atoms with Crippen molar-refractivity contribution in [1.29, 1.82) is 0 Å². The van der Waals surface area contributed by atoms with E-state index in [0.29, 0.717) is 12.1 Å². The van der Waals surface area contributed by atoms with Gasteiger partial charge in [-0.25, -0.2) is 0 Å². The van der Waals surface area contributed by atoms with Crippen LogP contribution in [0.2, 0.25) is 0 Å². The average Bonchev–Trinajstić information content (AvgIpc) is 3.04. The Hall–Kier alpha value is -0.610. The Labute approximate surface area is 121 Å². The summed E-state index contributed by atoms with van der Waals surface area (Å²) in [7, 11) is 0. The number of carbonyl (C=O) groups excluding carboxylic acids is 1. The highest BCUT2D eigenvalue weighted by Gasteiger charge is 2.40. The van der Waals surface area contributed by atoms with Gasteiger partial charge in [-0.05, 0) is 44.4 Å². The molecule has 1 amide bonds. The molecule has 2 aliphatic carbocycles. The third-order valence-corrected chi connectivity index (χ3v) is 5.81. The fourth-order valence-electron chi connectivity index (χ4n) is 4.50. The average molecular weight is 277 g/mol. The van der Waals surface area contributed by atoms with Crippen LogP contribution in [-0.4, -0.2) is 48.1 Å². The highest BCUT2D eigenvalue weighted by Crippen LogP contribution is 2.33. The molecular formula is C16H27N3O. The lowest BCUT2D eigenvalue weighted by Gasteiger charge is -2.24. The van der Waals surface area contributed by atoms with Crippen LogP contribution in [0, 0.1) is 5.92 Å². The molecule has 2 saturated carbocycles. The van der Waals surface area contributed by atoms with E-state index in [9.17, 15) is 4.79 Å². The molecule has 4 heteroatoms. The van der Waals surface area contributed by atoms with Crippen molar-refractivity contribution in [2.24, 2.45) is 5.92 Å². The summed E-state index contributed by atoms with van der Waals surface area (Å²) in [4.78, 5) is 15.0. The summed E-state index contributed by atoms with van der Waals surface area (Å²) in [6.07, 6.45) is 10.2. The quantitative estimate of drug-likeness (QED) is 0.816. The largest absolute Gasteiger partial charge is 0.351 e. The standard InChI is InChI=1S/C16H27N3O/c20-16(15-9-11-3-1-2-4-14(11)18-15)17-12-7-8-19(10-12)13-5-6-13/h11-15,18H,1-10H2,(H,17,20). The second-order valence-corrected chi connectivity index (χ2v) is 7.33. The minimum atomic E-state index is 0.0816. The van der Waals surface area contributed by atoms with E-state index in [1.165, 1.54) is 45.1 Å². The van der Waals surface area contributed by atoms with Crippen molar-refractivity contribution < 1.29 is 4.79 Å². The summed E-state index contributed by atoms with van der Waals surface area (Å²) >= 11 is 0. The topological polar surface area (TPSA) is 44.4 Å². The van der Waals surface area contributed by atoms with E-state index in [4.69, 9.17) is 0 Å². The molecule has 0 aromatic heterocycles. The van der Waals surface area contributed by atoms with Gasteiger partial charge in [0.15, 0.2) is 0 Å². The molecule has 0 bridgehead atoms. The summed E-state index contributed by atoms with van der Waals surface area (Å²) in [6.45, 7) is 2.26. The normalized spacial score (nSPS) is 41.6. The van der Waals surface area contributed by atoms with Crippen LogP contribution in [0.4, 0.5) is 0 Å². The number of nitrogens with zero attached hydrogens (tertiary/aromatic N) is 1. The number of rotatable bonds is 3. The van der Waals surface area contributed by atoms with Gasteiger partial charge in [0, 0.05) is 31.2 Å². The van der Waals surface area contributed by atoms with Crippen molar-refractivity contribution in [3.63, 3.8) is 0 Å². The van der Waals surface area contributed by atoms with Gasteiger partial charge < -0.3 is 10.6 Å². The Morgan fingerprint density at radius 3 is 2.75 bits per heavy atom. The van der Waals surface area contributed by atoms with Gasteiger partial charge in [-0.3, -0.25) is 9.69 Å². The first kappa shape index (κ1) is 13.1. The summed E-state index contributed by atoms with van der Waals surface area (Å²) in [5.74, 6) is 1.02. The van der Waals surface area contributed by atoms with Crippen molar-refractivity contribution >= 4 is 5.91 Å². The molecule has 0 aromatic carbocycles. The van der Waals surface area contributed by atoms with Crippen LogP contribution < -0.4 is 10.6 Å². The molecule has 2 saturated heterocycles. The van der Waals surface area contributed by atoms with E-state index in [2.05, 4.69) is 15.5 Å². The molecule has 4 rings (SSSR count). The van der Waals surface area contributed by atoms with Gasteiger partial charge in [-0.2, -0.15) is 0 Å². The van der Waals surface area contributed by atoms with Gasteiger partial charge in [-0.15, -0.1) is 0 Å². The molecule has 20 heavy (non-hydrogen) atoms. The van der Waals surface area contributed by atoms with Crippen LogP contribution in [0.1, 0.15) is 51.4 Å². The lowest BCUT2D eigenvalue weighted by Crippen LogP contribution is -2.47. The SMILES string of the molecule is O=C(NC1CCN(C2CC2)C1)C1CC2CCCCC2N1. The monoisotopic (exact) mass is 277 g/mol. The lowest BCUT2D eigenvalue weighted by molar-refractivity contribution is -0.123. The maximum atomic E-state index is 12.4. The molecule has 0 aromatic rings. The van der Waals surface area contributed by atoms with Gasteiger partial charge in [0.2, 0.25) is 5.91 Å². The zero-order chi connectivity index (χ0) is 13.5. The van der Waals surface area contributed by atoms with Crippen LogP contribution in [-0.2, 0) is 4.79 Å². The highest BCUT2D eigenvalue weighted by molar-refractivity contribution is 5.82. The number of hydrogen-bond acceptors (Lipinski definition) is 3. The number of amides is 1. The molecule has 4 unspecified atom stereocenters. The van der Waals surface area contributed by atoms with Crippen LogP contribution in [0.5, 0.6) is 0 Å². The minimum Gasteiger partial charge on any atom is -0.351 e. The summed E-state index contributed by atoms with van der Waals surface area (Å²) in [6, 6.07) is 1.93. The Morgan fingerprint density at radius 1 is 1.10 bits per heavy atom. The molecule has 4 fully saturated rings. The molecule has 2 N–H and O–H groups in total. The van der Waals surface area contributed by atoms with Crippen molar-refractivity contribution in [2.75, 3.05) is 13.1 Å². The van der Waals surface area contributed by atoms with Gasteiger partial charge in [0.05, 0.1) is 6.04 Å². The molecule has 2 aliphatic heterocycles. The molecule has 4 aliphatic rings. The molecule has 2 heterocycles. The van der Waals surface area contributed by atoms with E-state index >= 15 is 0 Å². The van der Waals surface area contributed by atoms with Crippen molar-refractivity contribution in [2.45, 2.75) is 75.5 Å². The first-order valence-electron chi connectivity index (χ1n) is 8.60. The second kappa shape index (κ2) is 5.30. The van der Waals surface area contributed by atoms with E-state index in [-0.39, 0.29) is 11.9 Å². The smallest absolute Gasteiger partial charge is 0.237 e. The number of carbonyl (C=O) groups is 1. The summed E-state index contributed by atoms with van der Waals surface area (Å²) < 4.78 is 0. The predicted octanol–water partition coefficient (Wildman–Crippen LogP) is 1.26. The molecule has 0 spiro atoms. The first-order chi connectivity index (χ1) is 9.79. The van der Waals surface area contributed by atoms with E-state index in [1.54, 1.807) is 0 Å². The zero-order valence-corrected chi connectivity index (χ0v) is 12.3. The van der Waals surface area contributed by atoms with Crippen molar-refractivity contribution in [3.05, 3.63) is 0 Å². The molecule has 112 valence electrons. The van der Waals surface area contributed by atoms with Crippen LogP contribution in [0.25, 0.3) is 0 Å². The van der Waals surface area contributed by atoms with Gasteiger partial charge in [0.1, 0.15) is 0 Å². The zero-order valence-electron chi connectivity index (χ0n) is 12.3. The molecule has 0 radical (unpaired) electrons. The maximum Gasteiger partial charge on any atom is 0.237 e. The molecule has 4 atom stereocenters. The number of nitrogens with one attached hydrogen (secondary N) is 2. The first-order valence-corrected chi connectivity index (χ1v) is 8.60. The predicted molar refractivity (Wildman–Crippen MR) is 78.4 cm³/mol. The minimum absolute atomic E-state index is 0.0816. The number of hydrogen-bond donors (Lipinski definition) is 2. The second-order valence-electron chi connectivity index (χ2n) is 7.33. The molecular weight excluding hydrogens is 250 g/mol. The summed E-state index contributed by atoms with van der Waals surface area (Å²) in [5.41, 5.74) is 0. The van der Waals surface area contributed by atoms with Crippen molar-refractivity contribution in [3.8, 4) is 0 Å². The maximum absolute atomic E-state index is 12.4. The lowest BCUT2D eigenvalue weighted by atomic mass is 9.85.